The zero-order valence-electron chi connectivity index (χ0n) is 25.4. The molecule has 9 nitrogen and oxygen atoms in total. The Morgan fingerprint density at radius 1 is 1.19 bits per heavy atom. The minimum absolute atomic E-state index is 0.0722. The molecule has 2 aromatic carbocycles. The number of aliphatic hydroxyl groups excluding tert-OH is 1. The first-order valence-electron chi connectivity index (χ1n) is 15.4. The molecule has 1 aromatic heterocycles. The first-order valence-corrected chi connectivity index (χ1v) is 16.5. The van der Waals surface area contributed by atoms with Crippen LogP contribution in [-0.2, 0) is 13.1 Å². The van der Waals surface area contributed by atoms with Crippen LogP contribution in [0, 0.1) is 8.99 Å². The van der Waals surface area contributed by atoms with Gasteiger partial charge >= 0.3 is 6.01 Å². The summed E-state index contributed by atoms with van der Waals surface area (Å²) in [5.41, 5.74) is 2.38. The van der Waals surface area contributed by atoms with Crippen molar-refractivity contribution in [2.45, 2.75) is 77.1 Å². The van der Waals surface area contributed by atoms with E-state index in [1.165, 1.54) is 0 Å². The van der Waals surface area contributed by atoms with Crippen LogP contribution in [-0.4, -0.2) is 81.8 Å². The first kappa shape index (κ1) is 30.3. The Morgan fingerprint density at radius 3 is 2.74 bits per heavy atom. The van der Waals surface area contributed by atoms with Crippen molar-refractivity contribution in [3.63, 3.8) is 0 Å². The minimum atomic E-state index is -0.420. The third-order valence-corrected chi connectivity index (χ3v) is 9.95. The lowest BCUT2D eigenvalue weighted by Gasteiger charge is -2.33. The number of ether oxygens (including phenoxy) is 1. The first-order chi connectivity index (χ1) is 20.6. The maximum Gasteiger partial charge on any atom is 0.318 e. The quantitative estimate of drug-likeness (QED) is 0.289. The minimum Gasteiger partial charge on any atom is -0.508 e. The standard InChI is InChI=1S/C33H42IN5O4/c1-21(40)14-23-9-5-4-6-13-39(23)30-26-17-38(31(42)25-16-24(41)15-22-8-7-10-27(34)29(22)25)18-28(26)35-32(36-30)43-20-33(11-12-33)19-37(2)3/h7-8,10,15-16,21,23,40-41H,4-6,9,11-14,17-20H2,1-3H3. The molecule has 1 saturated heterocycles. The number of nitrogens with zero attached hydrogens (tertiary/aromatic N) is 5. The molecule has 0 spiro atoms. The lowest BCUT2D eigenvalue weighted by molar-refractivity contribution is 0.0752. The Labute approximate surface area is 267 Å². The van der Waals surface area contributed by atoms with Crippen molar-refractivity contribution in [3.05, 3.63) is 50.7 Å². The number of rotatable bonds is 9. The topological polar surface area (TPSA) is 102 Å². The van der Waals surface area contributed by atoms with Crippen LogP contribution < -0.4 is 9.64 Å². The van der Waals surface area contributed by atoms with Crippen LogP contribution in [0.1, 0.15) is 73.5 Å². The normalized spacial score (nSPS) is 20.3. The molecular weight excluding hydrogens is 657 g/mol. The predicted octanol–water partition coefficient (Wildman–Crippen LogP) is 5.34. The number of halogens is 1. The van der Waals surface area contributed by atoms with E-state index >= 15 is 0 Å². The molecule has 2 atom stereocenters. The summed E-state index contributed by atoms with van der Waals surface area (Å²) in [6.07, 6.45) is 6.80. The van der Waals surface area contributed by atoms with E-state index in [2.05, 4.69) is 46.5 Å². The molecule has 3 aliphatic rings. The number of benzene rings is 2. The molecule has 6 rings (SSSR count). The number of carbonyl (C=O) groups excluding carboxylic acids is 1. The van der Waals surface area contributed by atoms with Crippen molar-refractivity contribution in [3.8, 4) is 11.8 Å². The summed E-state index contributed by atoms with van der Waals surface area (Å²) in [4.78, 5) is 30.4. The summed E-state index contributed by atoms with van der Waals surface area (Å²) in [5.74, 6) is 0.759. The zero-order chi connectivity index (χ0) is 30.3. The van der Waals surface area contributed by atoms with E-state index in [1.807, 2.05) is 25.1 Å². The van der Waals surface area contributed by atoms with Crippen molar-refractivity contribution >= 4 is 45.1 Å². The monoisotopic (exact) mass is 699 g/mol. The number of fused-ring (bicyclic) bond motifs is 2. The second-order valence-electron chi connectivity index (χ2n) is 13.1. The highest BCUT2D eigenvalue weighted by atomic mass is 127. The number of aromatic nitrogens is 2. The molecule has 3 heterocycles. The average molecular weight is 700 g/mol. The van der Waals surface area contributed by atoms with E-state index in [1.54, 1.807) is 17.0 Å². The smallest absolute Gasteiger partial charge is 0.318 e. The maximum absolute atomic E-state index is 14.1. The number of carbonyl (C=O) groups is 1. The van der Waals surface area contributed by atoms with Crippen LogP contribution in [0.2, 0.25) is 0 Å². The van der Waals surface area contributed by atoms with E-state index in [9.17, 15) is 15.0 Å². The van der Waals surface area contributed by atoms with Gasteiger partial charge in [0, 0.05) is 39.1 Å². The number of hydrogen-bond donors (Lipinski definition) is 2. The molecule has 1 aliphatic carbocycles. The molecule has 0 bridgehead atoms. The fourth-order valence-corrected chi connectivity index (χ4v) is 7.68. The summed E-state index contributed by atoms with van der Waals surface area (Å²) in [7, 11) is 4.18. The highest BCUT2D eigenvalue weighted by Gasteiger charge is 2.44. The molecule has 2 unspecified atom stereocenters. The van der Waals surface area contributed by atoms with Gasteiger partial charge in [0.05, 0.1) is 37.1 Å². The molecule has 1 amide bonds. The molecule has 43 heavy (non-hydrogen) atoms. The van der Waals surface area contributed by atoms with Crippen LogP contribution in [0.5, 0.6) is 11.8 Å². The van der Waals surface area contributed by atoms with Crippen LogP contribution >= 0.6 is 22.6 Å². The van der Waals surface area contributed by atoms with Crippen molar-refractivity contribution in [2.75, 3.05) is 38.7 Å². The fourth-order valence-electron chi connectivity index (χ4n) is 6.87. The van der Waals surface area contributed by atoms with Gasteiger partial charge in [-0.3, -0.25) is 4.79 Å². The molecule has 2 fully saturated rings. The van der Waals surface area contributed by atoms with E-state index < -0.39 is 6.10 Å². The van der Waals surface area contributed by atoms with Crippen LogP contribution in [0.4, 0.5) is 5.82 Å². The number of phenolic OH excluding ortho intramolecular Hbond substituents is 1. The second kappa shape index (κ2) is 12.4. The molecule has 10 heteroatoms. The Hall–Kier alpha value is -2.70. The Morgan fingerprint density at radius 2 is 2.00 bits per heavy atom. The van der Waals surface area contributed by atoms with Gasteiger partial charge in [0.2, 0.25) is 0 Å². The van der Waals surface area contributed by atoms with Gasteiger partial charge in [-0.15, -0.1) is 0 Å². The van der Waals surface area contributed by atoms with Crippen LogP contribution in [0.25, 0.3) is 10.8 Å². The van der Waals surface area contributed by atoms with Gasteiger partial charge in [-0.2, -0.15) is 9.97 Å². The summed E-state index contributed by atoms with van der Waals surface area (Å²) in [5, 5.41) is 22.5. The summed E-state index contributed by atoms with van der Waals surface area (Å²) in [6.45, 7) is 4.95. The van der Waals surface area contributed by atoms with E-state index in [0.717, 1.165) is 83.0 Å². The largest absolute Gasteiger partial charge is 0.508 e. The van der Waals surface area contributed by atoms with Crippen molar-refractivity contribution in [2.24, 2.45) is 5.41 Å². The van der Waals surface area contributed by atoms with Crippen LogP contribution in [0.15, 0.2) is 30.3 Å². The van der Waals surface area contributed by atoms with Gasteiger partial charge in [-0.25, -0.2) is 0 Å². The summed E-state index contributed by atoms with van der Waals surface area (Å²) < 4.78 is 7.31. The van der Waals surface area contributed by atoms with Crippen molar-refractivity contribution in [1.82, 2.24) is 19.8 Å². The van der Waals surface area contributed by atoms with Gasteiger partial charge in [0.15, 0.2) is 0 Å². The SMILES string of the molecule is CC(O)CC1CCCCCN1c1nc(OCC2(CN(C)C)CC2)nc2c1CN(C(=O)c1cc(O)cc3cccc(I)c13)C2. The van der Waals surface area contributed by atoms with E-state index in [0.29, 0.717) is 37.7 Å². The number of amides is 1. The maximum atomic E-state index is 14.1. The summed E-state index contributed by atoms with van der Waals surface area (Å²) in [6, 6.07) is 9.62. The Kier molecular flexibility index (Phi) is 8.72. The predicted molar refractivity (Wildman–Crippen MR) is 176 cm³/mol. The molecule has 2 aliphatic heterocycles. The van der Waals surface area contributed by atoms with E-state index in [-0.39, 0.29) is 23.1 Å². The Bertz CT molecular complexity index is 1510. The lowest BCUT2D eigenvalue weighted by Crippen LogP contribution is -2.38. The van der Waals surface area contributed by atoms with Gasteiger partial charge in [-0.1, -0.05) is 25.0 Å². The average Bonchev–Trinajstić information content (AvgIpc) is 3.63. The van der Waals surface area contributed by atoms with Gasteiger partial charge in [0.1, 0.15) is 11.6 Å². The van der Waals surface area contributed by atoms with Gasteiger partial charge in [0.25, 0.3) is 5.91 Å². The number of phenols is 1. The number of hydrogen-bond acceptors (Lipinski definition) is 8. The fraction of sp³-hybridized carbons (Fsp3) is 0.545. The number of aromatic hydroxyl groups is 1. The molecule has 3 aromatic rings. The third-order valence-electron chi connectivity index (χ3n) is 9.05. The lowest BCUT2D eigenvalue weighted by atomic mass is 10.0. The molecule has 1 saturated carbocycles. The summed E-state index contributed by atoms with van der Waals surface area (Å²) >= 11 is 2.25. The van der Waals surface area contributed by atoms with Crippen molar-refractivity contribution < 1.29 is 19.7 Å². The molecule has 0 radical (unpaired) electrons. The molecule has 2 N–H and O–H groups in total. The number of aliphatic hydroxyl groups is 1. The van der Waals surface area contributed by atoms with Crippen LogP contribution in [0.3, 0.4) is 0 Å². The van der Waals surface area contributed by atoms with E-state index in [4.69, 9.17) is 14.7 Å². The van der Waals surface area contributed by atoms with Gasteiger partial charge < -0.3 is 29.6 Å². The van der Waals surface area contributed by atoms with Crippen molar-refractivity contribution in [1.29, 1.82) is 0 Å². The highest BCUT2D eigenvalue weighted by molar-refractivity contribution is 14.1. The third kappa shape index (κ3) is 6.56. The zero-order valence-corrected chi connectivity index (χ0v) is 27.5. The number of anilines is 1. The molecule has 230 valence electrons. The molecular formula is C33H42IN5O4. The Balaban J connectivity index is 1.35. The van der Waals surface area contributed by atoms with Gasteiger partial charge in [-0.05, 0) is 99.3 Å². The second-order valence-corrected chi connectivity index (χ2v) is 14.2. The highest BCUT2D eigenvalue weighted by Crippen LogP contribution is 2.46.